The molecule has 3 heteroatoms. The molecule has 22 heavy (non-hydrogen) atoms. The van der Waals surface area contributed by atoms with Gasteiger partial charge in [-0.25, -0.2) is 0 Å². The lowest BCUT2D eigenvalue weighted by Crippen LogP contribution is -2.42. The molecule has 1 amide bonds. The van der Waals surface area contributed by atoms with Crippen molar-refractivity contribution < 1.29 is 9.53 Å². The number of hydrogen-bond donors (Lipinski definition) is 0. The number of rotatable bonds is 6. The quantitative estimate of drug-likeness (QED) is 0.793. The predicted molar refractivity (Wildman–Crippen MR) is 89.6 cm³/mol. The van der Waals surface area contributed by atoms with Gasteiger partial charge in [-0.05, 0) is 30.7 Å². The van der Waals surface area contributed by atoms with Crippen molar-refractivity contribution in [2.24, 2.45) is 11.8 Å². The minimum absolute atomic E-state index is 0.130. The molecule has 0 unspecified atom stereocenters. The zero-order valence-electron chi connectivity index (χ0n) is 14.1. The molecule has 0 aromatic heterocycles. The maximum Gasteiger partial charge on any atom is 0.226 e. The topological polar surface area (TPSA) is 29.5 Å². The first kappa shape index (κ1) is 17.0. The van der Waals surface area contributed by atoms with E-state index in [0.717, 1.165) is 25.8 Å². The Hall–Kier alpha value is -1.35. The van der Waals surface area contributed by atoms with E-state index in [-0.39, 0.29) is 12.0 Å². The molecule has 0 spiro atoms. The first-order valence-electron chi connectivity index (χ1n) is 8.56. The summed E-state index contributed by atoms with van der Waals surface area (Å²) in [4.78, 5) is 15.2. The van der Waals surface area contributed by atoms with Gasteiger partial charge in [0.25, 0.3) is 0 Å². The summed E-state index contributed by atoms with van der Waals surface area (Å²) < 4.78 is 5.41. The predicted octanol–water partition coefficient (Wildman–Crippen LogP) is 4.05. The van der Waals surface area contributed by atoms with Crippen molar-refractivity contribution in [2.45, 2.75) is 46.1 Å². The Balaban J connectivity index is 2.21. The fourth-order valence-electron chi connectivity index (χ4n) is 3.25. The number of ether oxygens (including phenoxy) is 1. The molecule has 1 saturated heterocycles. The van der Waals surface area contributed by atoms with E-state index in [1.54, 1.807) is 0 Å². The van der Waals surface area contributed by atoms with E-state index < -0.39 is 0 Å². The third kappa shape index (κ3) is 4.33. The highest BCUT2D eigenvalue weighted by Gasteiger charge is 2.31. The molecular formula is C19H29NO2. The molecule has 0 radical (unpaired) electrons. The highest BCUT2D eigenvalue weighted by atomic mass is 16.5. The van der Waals surface area contributed by atoms with Crippen LogP contribution in [0.4, 0.5) is 0 Å². The molecule has 0 saturated carbocycles. The van der Waals surface area contributed by atoms with Crippen LogP contribution in [-0.4, -0.2) is 30.6 Å². The number of amides is 1. The highest BCUT2D eigenvalue weighted by Crippen LogP contribution is 2.29. The molecule has 122 valence electrons. The zero-order valence-corrected chi connectivity index (χ0v) is 14.1. The Labute approximate surface area is 134 Å². The summed E-state index contributed by atoms with van der Waals surface area (Å²) in [6, 6.07) is 10.6. The Morgan fingerprint density at radius 2 is 1.86 bits per heavy atom. The standard InChI is InChI=1S/C19H29NO2/c1-4-18(16-8-6-5-7-9-16)20(14-15(2)3)19(21)17-10-12-22-13-11-17/h5-9,15,17-18H,4,10-14H2,1-3H3/t18-/m0/s1. The largest absolute Gasteiger partial charge is 0.381 e. The monoisotopic (exact) mass is 303 g/mol. The summed E-state index contributed by atoms with van der Waals surface area (Å²) in [5.41, 5.74) is 1.24. The van der Waals surface area contributed by atoms with Crippen molar-refractivity contribution >= 4 is 5.91 Å². The molecule has 1 aliphatic rings. The van der Waals surface area contributed by atoms with E-state index in [9.17, 15) is 4.79 Å². The summed E-state index contributed by atoms with van der Waals surface area (Å²) in [6.07, 6.45) is 2.67. The Kier molecular flexibility index (Phi) is 6.44. The summed E-state index contributed by atoms with van der Waals surface area (Å²) in [6.45, 7) is 8.79. The average molecular weight is 303 g/mol. The maximum absolute atomic E-state index is 13.1. The smallest absolute Gasteiger partial charge is 0.226 e. The first-order valence-corrected chi connectivity index (χ1v) is 8.56. The second kappa shape index (κ2) is 8.33. The molecule has 3 nitrogen and oxygen atoms in total. The fraction of sp³-hybridized carbons (Fsp3) is 0.632. The van der Waals surface area contributed by atoms with Crippen LogP contribution in [-0.2, 0) is 9.53 Å². The number of carbonyl (C=O) groups excluding carboxylic acids is 1. The summed E-state index contributed by atoms with van der Waals surface area (Å²) in [5, 5.41) is 0. The molecule has 1 aromatic rings. The van der Waals surface area contributed by atoms with Gasteiger partial charge in [0.2, 0.25) is 5.91 Å². The lowest BCUT2D eigenvalue weighted by Gasteiger charge is -2.36. The van der Waals surface area contributed by atoms with Crippen LogP contribution < -0.4 is 0 Å². The van der Waals surface area contributed by atoms with Gasteiger partial charge in [-0.2, -0.15) is 0 Å². The molecule has 1 aliphatic heterocycles. The SMILES string of the molecule is CC[C@@H](c1ccccc1)N(CC(C)C)C(=O)C1CCOCC1. The van der Waals surface area contributed by atoms with Crippen LogP contribution in [0, 0.1) is 11.8 Å². The van der Waals surface area contributed by atoms with Crippen LogP contribution in [0.2, 0.25) is 0 Å². The van der Waals surface area contributed by atoms with E-state index in [4.69, 9.17) is 4.74 Å². The number of nitrogens with zero attached hydrogens (tertiary/aromatic N) is 1. The number of carbonyl (C=O) groups is 1. The van der Waals surface area contributed by atoms with Gasteiger partial charge in [0.1, 0.15) is 0 Å². The Morgan fingerprint density at radius 3 is 2.41 bits per heavy atom. The van der Waals surface area contributed by atoms with E-state index in [1.165, 1.54) is 5.56 Å². The van der Waals surface area contributed by atoms with Gasteiger partial charge < -0.3 is 9.64 Å². The van der Waals surface area contributed by atoms with Crippen LogP contribution >= 0.6 is 0 Å². The number of hydrogen-bond acceptors (Lipinski definition) is 2. The first-order chi connectivity index (χ1) is 10.6. The van der Waals surface area contributed by atoms with Gasteiger partial charge in [-0.15, -0.1) is 0 Å². The van der Waals surface area contributed by atoms with Crippen molar-refractivity contribution in [3.05, 3.63) is 35.9 Å². The van der Waals surface area contributed by atoms with Crippen molar-refractivity contribution in [1.29, 1.82) is 0 Å². The molecule has 1 fully saturated rings. The fourth-order valence-corrected chi connectivity index (χ4v) is 3.25. The molecule has 0 bridgehead atoms. The van der Waals surface area contributed by atoms with E-state index in [0.29, 0.717) is 25.0 Å². The van der Waals surface area contributed by atoms with Crippen LogP contribution in [0.15, 0.2) is 30.3 Å². The van der Waals surface area contributed by atoms with E-state index >= 15 is 0 Å². The van der Waals surface area contributed by atoms with E-state index in [2.05, 4.69) is 49.9 Å². The zero-order chi connectivity index (χ0) is 15.9. The number of benzene rings is 1. The van der Waals surface area contributed by atoms with Crippen molar-refractivity contribution in [1.82, 2.24) is 4.90 Å². The minimum atomic E-state index is 0.130. The minimum Gasteiger partial charge on any atom is -0.381 e. The van der Waals surface area contributed by atoms with Gasteiger partial charge in [0, 0.05) is 25.7 Å². The third-order valence-corrected chi connectivity index (χ3v) is 4.36. The average Bonchev–Trinajstić information content (AvgIpc) is 2.55. The summed E-state index contributed by atoms with van der Waals surface area (Å²) >= 11 is 0. The molecule has 1 atom stereocenters. The van der Waals surface area contributed by atoms with Crippen LogP contribution in [0.25, 0.3) is 0 Å². The highest BCUT2D eigenvalue weighted by molar-refractivity contribution is 5.79. The molecular weight excluding hydrogens is 274 g/mol. The van der Waals surface area contributed by atoms with Crippen LogP contribution in [0.1, 0.15) is 51.6 Å². The summed E-state index contributed by atoms with van der Waals surface area (Å²) in [7, 11) is 0. The van der Waals surface area contributed by atoms with Crippen LogP contribution in [0.5, 0.6) is 0 Å². The maximum atomic E-state index is 13.1. The van der Waals surface area contributed by atoms with Gasteiger partial charge >= 0.3 is 0 Å². The van der Waals surface area contributed by atoms with E-state index in [1.807, 2.05) is 6.07 Å². The Morgan fingerprint density at radius 1 is 1.23 bits per heavy atom. The lowest BCUT2D eigenvalue weighted by molar-refractivity contribution is -0.142. The van der Waals surface area contributed by atoms with Crippen molar-refractivity contribution in [3.63, 3.8) is 0 Å². The van der Waals surface area contributed by atoms with Gasteiger partial charge in [-0.3, -0.25) is 4.79 Å². The molecule has 0 aliphatic carbocycles. The summed E-state index contributed by atoms with van der Waals surface area (Å²) in [5.74, 6) is 0.916. The normalized spacial score (nSPS) is 17.5. The Bertz CT molecular complexity index is 452. The molecule has 1 heterocycles. The second-order valence-corrected chi connectivity index (χ2v) is 6.61. The molecule has 2 rings (SSSR count). The lowest BCUT2D eigenvalue weighted by atomic mass is 9.94. The van der Waals surface area contributed by atoms with Gasteiger partial charge in [0.15, 0.2) is 0 Å². The third-order valence-electron chi connectivity index (χ3n) is 4.36. The van der Waals surface area contributed by atoms with Gasteiger partial charge in [0.05, 0.1) is 6.04 Å². The van der Waals surface area contributed by atoms with Gasteiger partial charge in [-0.1, -0.05) is 51.1 Å². The molecule has 1 aromatic carbocycles. The van der Waals surface area contributed by atoms with Crippen LogP contribution in [0.3, 0.4) is 0 Å². The second-order valence-electron chi connectivity index (χ2n) is 6.61. The van der Waals surface area contributed by atoms with Crippen molar-refractivity contribution in [3.8, 4) is 0 Å². The van der Waals surface area contributed by atoms with Crippen molar-refractivity contribution in [2.75, 3.05) is 19.8 Å². The molecule has 0 N–H and O–H groups in total.